The SMILES string of the molecule is CC(C)CN(c1nc(N)nc(-n2ccnc2)n1)C(C)C. The number of imidazole rings is 1. The highest BCUT2D eigenvalue weighted by molar-refractivity contribution is 5.38. The van der Waals surface area contributed by atoms with Crippen LogP contribution in [-0.2, 0) is 0 Å². The molecule has 20 heavy (non-hydrogen) atoms. The lowest BCUT2D eigenvalue weighted by molar-refractivity contribution is 0.559. The predicted octanol–water partition coefficient (Wildman–Crippen LogP) is 1.51. The van der Waals surface area contributed by atoms with Gasteiger partial charge in [-0.15, -0.1) is 0 Å². The molecule has 0 bridgehead atoms. The van der Waals surface area contributed by atoms with E-state index in [1.54, 1.807) is 23.3 Å². The molecular weight excluding hydrogens is 254 g/mol. The minimum absolute atomic E-state index is 0.216. The van der Waals surface area contributed by atoms with Gasteiger partial charge in [0.25, 0.3) is 0 Å². The van der Waals surface area contributed by atoms with Gasteiger partial charge in [0.05, 0.1) is 0 Å². The van der Waals surface area contributed by atoms with Gasteiger partial charge in [-0.1, -0.05) is 13.8 Å². The summed E-state index contributed by atoms with van der Waals surface area (Å²) >= 11 is 0. The molecule has 2 heterocycles. The van der Waals surface area contributed by atoms with Crippen LogP contribution in [0.25, 0.3) is 5.95 Å². The van der Waals surface area contributed by atoms with Crippen molar-refractivity contribution in [1.29, 1.82) is 0 Å². The van der Waals surface area contributed by atoms with E-state index in [4.69, 9.17) is 5.73 Å². The highest BCUT2D eigenvalue weighted by atomic mass is 15.3. The van der Waals surface area contributed by atoms with E-state index >= 15 is 0 Å². The van der Waals surface area contributed by atoms with E-state index in [0.717, 1.165) is 6.54 Å². The molecule has 108 valence electrons. The Morgan fingerprint density at radius 2 is 1.95 bits per heavy atom. The lowest BCUT2D eigenvalue weighted by Gasteiger charge is -2.28. The van der Waals surface area contributed by atoms with E-state index in [9.17, 15) is 0 Å². The number of aromatic nitrogens is 5. The second kappa shape index (κ2) is 5.85. The van der Waals surface area contributed by atoms with E-state index in [0.29, 0.717) is 17.8 Å². The normalized spacial score (nSPS) is 11.3. The third kappa shape index (κ3) is 3.23. The average Bonchev–Trinajstić information content (AvgIpc) is 2.88. The zero-order valence-corrected chi connectivity index (χ0v) is 12.4. The highest BCUT2D eigenvalue weighted by Gasteiger charge is 2.17. The van der Waals surface area contributed by atoms with Crippen LogP contribution in [0.1, 0.15) is 27.7 Å². The Hall–Kier alpha value is -2.18. The predicted molar refractivity (Wildman–Crippen MR) is 78.7 cm³/mol. The van der Waals surface area contributed by atoms with Gasteiger partial charge in [0, 0.05) is 25.0 Å². The Bertz CT molecular complexity index is 548. The fourth-order valence-corrected chi connectivity index (χ4v) is 1.91. The van der Waals surface area contributed by atoms with Gasteiger partial charge in [-0.05, 0) is 19.8 Å². The third-order valence-corrected chi connectivity index (χ3v) is 2.81. The zero-order chi connectivity index (χ0) is 14.7. The molecule has 0 aromatic carbocycles. The third-order valence-electron chi connectivity index (χ3n) is 2.81. The monoisotopic (exact) mass is 275 g/mol. The Kier molecular flexibility index (Phi) is 4.16. The molecule has 0 aliphatic heterocycles. The second-order valence-corrected chi connectivity index (χ2v) is 5.40. The number of nitrogens with two attached hydrogens (primary N) is 1. The van der Waals surface area contributed by atoms with Gasteiger partial charge in [0.15, 0.2) is 0 Å². The summed E-state index contributed by atoms with van der Waals surface area (Å²) in [6.45, 7) is 9.41. The van der Waals surface area contributed by atoms with Gasteiger partial charge in [-0.3, -0.25) is 4.57 Å². The quantitative estimate of drug-likeness (QED) is 0.890. The number of nitrogens with zero attached hydrogens (tertiary/aromatic N) is 6. The van der Waals surface area contributed by atoms with E-state index < -0.39 is 0 Å². The van der Waals surface area contributed by atoms with Crippen molar-refractivity contribution in [2.75, 3.05) is 17.2 Å². The standard InChI is InChI=1S/C13H21N7/c1-9(2)7-20(10(3)4)13-17-11(14)16-12(18-13)19-6-5-15-8-19/h5-6,8-10H,7H2,1-4H3,(H2,14,16,17,18). The van der Waals surface area contributed by atoms with Crippen LogP contribution >= 0.6 is 0 Å². The zero-order valence-electron chi connectivity index (χ0n) is 12.4. The van der Waals surface area contributed by atoms with Crippen molar-refractivity contribution in [3.63, 3.8) is 0 Å². The molecule has 0 unspecified atom stereocenters. The lowest BCUT2D eigenvalue weighted by Crippen LogP contribution is -2.36. The van der Waals surface area contributed by atoms with Crippen molar-refractivity contribution in [2.24, 2.45) is 5.92 Å². The minimum atomic E-state index is 0.216. The average molecular weight is 275 g/mol. The number of hydrogen-bond donors (Lipinski definition) is 1. The number of rotatable bonds is 5. The summed E-state index contributed by atoms with van der Waals surface area (Å²) in [6, 6.07) is 0.287. The van der Waals surface area contributed by atoms with Gasteiger partial charge in [0.1, 0.15) is 6.33 Å². The molecule has 2 aromatic rings. The van der Waals surface area contributed by atoms with E-state index in [1.807, 2.05) is 0 Å². The Balaban J connectivity index is 2.40. The molecule has 0 aliphatic carbocycles. The second-order valence-electron chi connectivity index (χ2n) is 5.40. The van der Waals surface area contributed by atoms with Crippen LogP contribution in [0.5, 0.6) is 0 Å². The largest absolute Gasteiger partial charge is 0.368 e. The maximum absolute atomic E-state index is 5.81. The lowest BCUT2D eigenvalue weighted by atomic mass is 10.2. The van der Waals surface area contributed by atoms with E-state index in [-0.39, 0.29) is 12.0 Å². The molecule has 0 saturated carbocycles. The summed E-state index contributed by atoms with van der Waals surface area (Å²) in [5, 5.41) is 0. The van der Waals surface area contributed by atoms with Crippen LogP contribution in [0.4, 0.5) is 11.9 Å². The van der Waals surface area contributed by atoms with E-state index in [2.05, 4.69) is 52.5 Å². The first-order chi connectivity index (χ1) is 9.47. The summed E-state index contributed by atoms with van der Waals surface area (Å²) < 4.78 is 1.72. The molecule has 2 N–H and O–H groups in total. The molecule has 0 radical (unpaired) electrons. The molecule has 0 amide bonds. The smallest absolute Gasteiger partial charge is 0.241 e. The fraction of sp³-hybridized carbons (Fsp3) is 0.538. The first-order valence-corrected chi connectivity index (χ1v) is 6.74. The van der Waals surface area contributed by atoms with Crippen molar-refractivity contribution in [1.82, 2.24) is 24.5 Å². The first-order valence-electron chi connectivity index (χ1n) is 6.74. The van der Waals surface area contributed by atoms with Crippen LogP contribution in [-0.4, -0.2) is 37.1 Å². The van der Waals surface area contributed by atoms with E-state index in [1.165, 1.54) is 0 Å². The Labute approximate surface area is 118 Å². The molecule has 0 spiro atoms. The molecular formula is C13H21N7. The minimum Gasteiger partial charge on any atom is -0.368 e. The molecule has 2 rings (SSSR count). The molecule has 2 aromatic heterocycles. The molecule has 0 atom stereocenters. The van der Waals surface area contributed by atoms with Crippen molar-refractivity contribution in [3.05, 3.63) is 18.7 Å². The van der Waals surface area contributed by atoms with Crippen molar-refractivity contribution in [2.45, 2.75) is 33.7 Å². The Morgan fingerprint density at radius 1 is 1.20 bits per heavy atom. The highest BCUT2D eigenvalue weighted by Crippen LogP contribution is 2.16. The van der Waals surface area contributed by atoms with Crippen LogP contribution in [0, 0.1) is 5.92 Å². The maximum atomic E-state index is 5.81. The summed E-state index contributed by atoms with van der Waals surface area (Å²) in [6.07, 6.45) is 5.09. The topological polar surface area (TPSA) is 85.8 Å². The maximum Gasteiger partial charge on any atom is 0.241 e. The summed E-state index contributed by atoms with van der Waals surface area (Å²) in [4.78, 5) is 19.0. The van der Waals surface area contributed by atoms with Crippen molar-refractivity contribution in [3.8, 4) is 5.95 Å². The molecule has 0 aliphatic rings. The molecule has 7 heteroatoms. The molecule has 7 nitrogen and oxygen atoms in total. The van der Waals surface area contributed by atoms with Gasteiger partial charge in [-0.2, -0.15) is 15.0 Å². The van der Waals surface area contributed by atoms with Crippen LogP contribution in [0.3, 0.4) is 0 Å². The van der Waals surface area contributed by atoms with Crippen LogP contribution < -0.4 is 10.6 Å². The van der Waals surface area contributed by atoms with Crippen molar-refractivity contribution < 1.29 is 0 Å². The molecule has 0 saturated heterocycles. The molecule has 0 fully saturated rings. The van der Waals surface area contributed by atoms with Gasteiger partial charge in [0.2, 0.25) is 17.8 Å². The number of nitrogen functional groups attached to an aromatic ring is 1. The van der Waals surface area contributed by atoms with Crippen LogP contribution in [0.15, 0.2) is 18.7 Å². The van der Waals surface area contributed by atoms with Crippen molar-refractivity contribution >= 4 is 11.9 Å². The van der Waals surface area contributed by atoms with Crippen LogP contribution in [0.2, 0.25) is 0 Å². The summed E-state index contributed by atoms with van der Waals surface area (Å²) in [5.74, 6) is 1.81. The first kappa shape index (κ1) is 14.2. The fourth-order valence-electron chi connectivity index (χ4n) is 1.91. The number of hydrogen-bond acceptors (Lipinski definition) is 6. The Morgan fingerprint density at radius 3 is 2.50 bits per heavy atom. The number of anilines is 2. The van der Waals surface area contributed by atoms with Gasteiger partial charge < -0.3 is 10.6 Å². The summed E-state index contributed by atoms with van der Waals surface area (Å²) in [7, 11) is 0. The van der Waals surface area contributed by atoms with Gasteiger partial charge >= 0.3 is 0 Å². The summed E-state index contributed by atoms with van der Waals surface area (Å²) in [5.41, 5.74) is 5.81. The van der Waals surface area contributed by atoms with Gasteiger partial charge in [-0.25, -0.2) is 4.98 Å².